The van der Waals surface area contributed by atoms with Crippen LogP contribution in [0.5, 0.6) is 5.75 Å². The van der Waals surface area contributed by atoms with E-state index in [2.05, 4.69) is 9.88 Å². The zero-order valence-corrected chi connectivity index (χ0v) is 17.5. The van der Waals surface area contributed by atoms with Crippen molar-refractivity contribution in [3.8, 4) is 17.0 Å². The van der Waals surface area contributed by atoms with Crippen molar-refractivity contribution in [1.29, 1.82) is 0 Å². The van der Waals surface area contributed by atoms with Crippen LogP contribution in [-0.4, -0.2) is 61.5 Å². The van der Waals surface area contributed by atoms with Gasteiger partial charge in [0.2, 0.25) is 0 Å². The average Bonchev–Trinajstić information content (AvgIpc) is 3.13. The van der Waals surface area contributed by atoms with Gasteiger partial charge in [-0.05, 0) is 31.3 Å². The molecule has 3 heterocycles. The number of halogens is 3. The maximum atomic E-state index is 15.8. The van der Waals surface area contributed by atoms with Gasteiger partial charge in [-0.3, -0.25) is 0 Å². The van der Waals surface area contributed by atoms with Crippen molar-refractivity contribution in [3.05, 3.63) is 42.1 Å². The number of hydrogen-bond acceptors (Lipinski definition) is 4. The summed E-state index contributed by atoms with van der Waals surface area (Å²) >= 11 is 0. The summed E-state index contributed by atoms with van der Waals surface area (Å²) in [5.41, 5.74) is 2.02. The van der Waals surface area contributed by atoms with Crippen LogP contribution in [-0.2, 0) is 6.54 Å². The molecule has 0 radical (unpaired) electrons. The molecule has 0 aliphatic carbocycles. The van der Waals surface area contributed by atoms with Crippen LogP contribution >= 0.6 is 0 Å². The minimum atomic E-state index is -0.667. The van der Waals surface area contributed by atoms with Crippen LogP contribution < -0.4 is 9.64 Å². The Morgan fingerprint density at radius 2 is 1.84 bits per heavy atom. The van der Waals surface area contributed by atoms with Gasteiger partial charge in [-0.1, -0.05) is 0 Å². The summed E-state index contributed by atoms with van der Waals surface area (Å²) in [7, 11) is 3.56. The molecule has 8 heteroatoms. The molecule has 2 aromatic carbocycles. The highest BCUT2D eigenvalue weighted by atomic mass is 19.1. The van der Waals surface area contributed by atoms with Gasteiger partial charge >= 0.3 is 0 Å². The molecule has 0 atom stereocenters. The zero-order valence-electron chi connectivity index (χ0n) is 17.5. The first-order valence-electron chi connectivity index (χ1n) is 10.3. The highest BCUT2D eigenvalue weighted by molar-refractivity contribution is 6.07. The number of likely N-dealkylation sites (N-methyl/N-ethyl adjacent to an activating group) is 1. The van der Waals surface area contributed by atoms with E-state index in [1.165, 1.54) is 10.6 Å². The Bertz CT molecular complexity index is 1250. The van der Waals surface area contributed by atoms with E-state index >= 15 is 8.78 Å². The Labute approximate surface area is 178 Å². The van der Waals surface area contributed by atoms with Crippen molar-refractivity contribution in [2.75, 3.05) is 51.9 Å². The molecule has 0 amide bonds. The number of anilines is 1. The Balaban J connectivity index is 1.80. The van der Waals surface area contributed by atoms with Gasteiger partial charge in [-0.25, -0.2) is 18.2 Å². The molecule has 2 aromatic rings. The van der Waals surface area contributed by atoms with E-state index in [-0.39, 0.29) is 17.7 Å². The molecular formula is C23H23F3N4O. The molecule has 0 aromatic heterocycles. The van der Waals surface area contributed by atoms with E-state index < -0.39 is 18.3 Å². The lowest BCUT2D eigenvalue weighted by Crippen LogP contribution is -2.45. The van der Waals surface area contributed by atoms with Crippen LogP contribution in [0.25, 0.3) is 33.1 Å². The fourth-order valence-electron chi connectivity index (χ4n) is 4.47. The van der Waals surface area contributed by atoms with E-state index in [1.807, 2.05) is 19.2 Å². The van der Waals surface area contributed by atoms with E-state index in [1.54, 1.807) is 24.3 Å². The summed E-state index contributed by atoms with van der Waals surface area (Å²) in [5.74, 6) is -0.639. The Morgan fingerprint density at radius 1 is 1.06 bits per heavy atom. The summed E-state index contributed by atoms with van der Waals surface area (Å²) in [6, 6.07) is 6.78. The molecule has 0 saturated carbocycles. The van der Waals surface area contributed by atoms with Crippen LogP contribution in [0.3, 0.4) is 0 Å². The molecule has 0 unspecified atom stereocenters. The van der Waals surface area contributed by atoms with Crippen molar-refractivity contribution in [2.24, 2.45) is 0 Å². The summed E-state index contributed by atoms with van der Waals surface area (Å²) in [4.78, 5) is 8.49. The van der Waals surface area contributed by atoms with E-state index in [0.717, 1.165) is 18.5 Å². The third-order valence-electron chi connectivity index (χ3n) is 6.12. The second-order valence-corrected chi connectivity index (χ2v) is 7.98. The van der Waals surface area contributed by atoms with Gasteiger partial charge in [-0.15, -0.1) is 0 Å². The molecule has 162 valence electrons. The SMILES string of the molecule is COc1ccc2nc3c4cc(F)c(N5CCN(C)CC5)c(F)c4n(CCF)cc-3c2c1. The molecule has 1 saturated heterocycles. The number of alkyl halides is 1. The highest BCUT2D eigenvalue weighted by Gasteiger charge is 2.27. The van der Waals surface area contributed by atoms with E-state index in [4.69, 9.17) is 4.74 Å². The molecule has 0 spiro atoms. The predicted molar refractivity (Wildman–Crippen MR) is 116 cm³/mol. The first-order valence-corrected chi connectivity index (χ1v) is 10.3. The van der Waals surface area contributed by atoms with Gasteiger partial charge < -0.3 is 19.1 Å². The van der Waals surface area contributed by atoms with Crippen molar-refractivity contribution in [1.82, 2.24) is 14.5 Å². The molecule has 5 rings (SSSR count). The number of hydrogen-bond donors (Lipinski definition) is 0. The third-order valence-corrected chi connectivity index (χ3v) is 6.12. The zero-order chi connectivity index (χ0) is 21.7. The van der Waals surface area contributed by atoms with Crippen LogP contribution in [0.1, 0.15) is 0 Å². The lowest BCUT2D eigenvalue weighted by molar-refractivity contribution is 0.310. The molecule has 0 bridgehead atoms. The number of nitrogens with zero attached hydrogens (tertiary/aromatic N) is 4. The monoisotopic (exact) mass is 428 g/mol. The highest BCUT2D eigenvalue weighted by Crippen LogP contribution is 2.41. The van der Waals surface area contributed by atoms with Crippen LogP contribution in [0.4, 0.5) is 18.9 Å². The van der Waals surface area contributed by atoms with Crippen LogP contribution in [0.2, 0.25) is 0 Å². The van der Waals surface area contributed by atoms with Gasteiger partial charge in [0.25, 0.3) is 0 Å². The van der Waals surface area contributed by atoms with Gasteiger partial charge in [-0.2, -0.15) is 0 Å². The quantitative estimate of drug-likeness (QED) is 0.485. The number of ether oxygens (including phenoxy) is 1. The molecule has 5 nitrogen and oxygen atoms in total. The second-order valence-electron chi connectivity index (χ2n) is 7.98. The topological polar surface area (TPSA) is 33.5 Å². The largest absolute Gasteiger partial charge is 0.497 e. The lowest BCUT2D eigenvalue weighted by atomic mass is 10.0. The minimum Gasteiger partial charge on any atom is -0.497 e. The van der Waals surface area contributed by atoms with Crippen LogP contribution in [0, 0.1) is 11.6 Å². The number of methoxy groups -OCH3 is 1. The fourth-order valence-corrected chi connectivity index (χ4v) is 4.47. The Kier molecular flexibility index (Phi) is 4.89. The third kappa shape index (κ3) is 3.17. The number of fused-ring (bicyclic) bond motifs is 5. The van der Waals surface area contributed by atoms with Crippen molar-refractivity contribution in [3.63, 3.8) is 0 Å². The van der Waals surface area contributed by atoms with Gasteiger partial charge in [0, 0.05) is 48.7 Å². The number of piperazine rings is 1. The maximum Gasteiger partial charge on any atom is 0.173 e. The Morgan fingerprint density at radius 3 is 2.55 bits per heavy atom. The van der Waals surface area contributed by atoms with E-state index in [9.17, 15) is 4.39 Å². The molecule has 0 N–H and O–H groups in total. The van der Waals surface area contributed by atoms with Gasteiger partial charge in [0.1, 0.15) is 23.9 Å². The molecule has 3 aliphatic rings. The standard InChI is InChI=1S/C23H23F3N4O/c1-28-7-9-29(10-8-28)23-18(25)12-16-21-17(13-30(6-5-24)22(16)20(23)26)15-11-14(31-2)3-4-19(15)27-21/h3-4,11-13H,5-10H2,1-2H3. The molecule has 31 heavy (non-hydrogen) atoms. The number of aromatic nitrogens is 2. The van der Waals surface area contributed by atoms with Crippen molar-refractivity contribution in [2.45, 2.75) is 6.54 Å². The average molecular weight is 428 g/mol. The van der Waals surface area contributed by atoms with Gasteiger partial charge in [0.05, 0.1) is 30.4 Å². The number of pyridine rings is 1. The second kappa shape index (κ2) is 7.60. The summed E-state index contributed by atoms with van der Waals surface area (Å²) in [5, 5.41) is 1.14. The Hall–Kier alpha value is -3.00. The van der Waals surface area contributed by atoms with E-state index in [0.29, 0.717) is 41.0 Å². The van der Waals surface area contributed by atoms with Crippen LogP contribution in [0.15, 0.2) is 30.5 Å². The van der Waals surface area contributed by atoms with Gasteiger partial charge in [0.15, 0.2) is 5.82 Å². The van der Waals surface area contributed by atoms with Crippen molar-refractivity contribution < 1.29 is 17.9 Å². The van der Waals surface area contributed by atoms with Crippen molar-refractivity contribution >= 4 is 27.5 Å². The molecule has 3 aliphatic heterocycles. The summed E-state index contributed by atoms with van der Waals surface area (Å²) < 4.78 is 51.3. The fraction of sp³-hybridized carbons (Fsp3) is 0.348. The normalized spacial score (nSPS) is 15.5. The lowest BCUT2D eigenvalue weighted by Gasteiger charge is -2.34. The molecule has 1 fully saturated rings. The number of aryl methyl sites for hydroxylation is 1. The minimum absolute atomic E-state index is 0.0339. The number of rotatable bonds is 4. The first-order chi connectivity index (χ1) is 15.0. The summed E-state index contributed by atoms with van der Waals surface area (Å²) in [6.45, 7) is 1.80. The first kappa shape index (κ1) is 19.9. The smallest absolute Gasteiger partial charge is 0.173 e. The predicted octanol–water partition coefficient (Wildman–Crippen LogP) is 4.30. The molecular weight excluding hydrogens is 405 g/mol. The summed E-state index contributed by atoms with van der Waals surface area (Å²) in [6.07, 6.45) is 1.71. The maximum absolute atomic E-state index is 15.8. The number of benzene rings is 2.